The van der Waals surface area contributed by atoms with Crippen molar-refractivity contribution in [1.82, 2.24) is 10.2 Å². The molecular weight excluding hydrogens is 208 g/mol. The highest BCUT2D eigenvalue weighted by Gasteiger charge is 2.39. The second-order valence-corrected chi connectivity index (χ2v) is 5.81. The highest BCUT2D eigenvalue weighted by molar-refractivity contribution is 4.99. The molecule has 1 unspecified atom stereocenters. The molecule has 0 bridgehead atoms. The van der Waals surface area contributed by atoms with Gasteiger partial charge in [0.05, 0.1) is 0 Å². The van der Waals surface area contributed by atoms with Crippen LogP contribution in [0, 0.1) is 0 Å². The minimum atomic E-state index is 0.405. The minimum absolute atomic E-state index is 0.405. The molecule has 0 amide bonds. The first-order valence-corrected chi connectivity index (χ1v) is 7.58. The number of nitrogens with one attached hydrogen (secondary N) is 1. The highest BCUT2D eigenvalue weighted by Crippen LogP contribution is 2.35. The van der Waals surface area contributed by atoms with Crippen LogP contribution in [0.5, 0.6) is 0 Å². The van der Waals surface area contributed by atoms with Gasteiger partial charge in [0.15, 0.2) is 0 Å². The molecule has 0 aromatic heterocycles. The Morgan fingerprint density at radius 1 is 1.06 bits per heavy atom. The number of hydrogen-bond donors (Lipinski definition) is 1. The summed E-state index contributed by atoms with van der Waals surface area (Å²) in [6, 6.07) is 0.672. The average molecular weight is 240 g/mol. The molecule has 0 spiro atoms. The van der Waals surface area contributed by atoms with Crippen LogP contribution in [0.3, 0.4) is 0 Å². The number of likely N-dealkylation sites (N-methyl/N-ethyl adjacent to an activating group) is 2. The fourth-order valence-electron chi connectivity index (χ4n) is 3.54. The van der Waals surface area contributed by atoms with Crippen molar-refractivity contribution in [2.75, 3.05) is 20.6 Å². The Morgan fingerprint density at radius 2 is 1.65 bits per heavy atom. The van der Waals surface area contributed by atoms with Gasteiger partial charge in [-0.2, -0.15) is 0 Å². The van der Waals surface area contributed by atoms with Crippen molar-refractivity contribution in [1.29, 1.82) is 0 Å². The van der Waals surface area contributed by atoms with Gasteiger partial charge in [-0.15, -0.1) is 0 Å². The largest absolute Gasteiger partial charge is 0.312 e. The van der Waals surface area contributed by atoms with Crippen LogP contribution in [0.2, 0.25) is 0 Å². The molecule has 102 valence electrons. The van der Waals surface area contributed by atoms with Gasteiger partial charge in [-0.1, -0.05) is 46.0 Å². The minimum Gasteiger partial charge on any atom is -0.312 e. The maximum Gasteiger partial charge on any atom is 0.0356 e. The summed E-state index contributed by atoms with van der Waals surface area (Å²) in [4.78, 5) is 2.52. The van der Waals surface area contributed by atoms with Gasteiger partial charge in [-0.25, -0.2) is 0 Å². The monoisotopic (exact) mass is 240 g/mol. The van der Waals surface area contributed by atoms with Crippen molar-refractivity contribution >= 4 is 0 Å². The first kappa shape index (κ1) is 15.0. The molecule has 1 rings (SSSR count). The highest BCUT2D eigenvalue weighted by atomic mass is 15.2. The van der Waals surface area contributed by atoms with E-state index in [-0.39, 0.29) is 0 Å². The summed E-state index contributed by atoms with van der Waals surface area (Å²) in [5.41, 5.74) is 0.405. The molecule has 17 heavy (non-hydrogen) atoms. The lowest BCUT2D eigenvalue weighted by atomic mass is 9.79. The van der Waals surface area contributed by atoms with Crippen LogP contribution in [0.15, 0.2) is 0 Å². The zero-order valence-corrected chi connectivity index (χ0v) is 12.4. The van der Waals surface area contributed by atoms with Gasteiger partial charge in [0, 0.05) is 11.6 Å². The Bertz CT molecular complexity index is 187. The van der Waals surface area contributed by atoms with Crippen LogP contribution >= 0.6 is 0 Å². The smallest absolute Gasteiger partial charge is 0.0356 e. The van der Waals surface area contributed by atoms with Crippen LogP contribution in [0.1, 0.15) is 65.2 Å². The molecule has 0 radical (unpaired) electrons. The molecular formula is C15H32N2. The van der Waals surface area contributed by atoms with E-state index in [0.29, 0.717) is 11.6 Å². The Morgan fingerprint density at radius 3 is 2.06 bits per heavy atom. The van der Waals surface area contributed by atoms with Crippen LogP contribution in [0.25, 0.3) is 0 Å². The fraction of sp³-hybridized carbons (Fsp3) is 1.00. The van der Waals surface area contributed by atoms with Gasteiger partial charge in [-0.05, 0) is 39.9 Å². The maximum atomic E-state index is 3.76. The van der Waals surface area contributed by atoms with Crippen LogP contribution in [-0.2, 0) is 0 Å². The normalized spacial score (nSPS) is 22.4. The summed E-state index contributed by atoms with van der Waals surface area (Å²) in [5, 5.41) is 3.76. The standard InChI is InChI=1S/C15H32N2/c1-5-11-14(16-6-2)15(17(3)4)12-9-7-8-10-13-15/h14,16H,5-13H2,1-4H3. The van der Waals surface area contributed by atoms with E-state index in [1.54, 1.807) is 0 Å². The van der Waals surface area contributed by atoms with E-state index in [9.17, 15) is 0 Å². The van der Waals surface area contributed by atoms with Crippen molar-refractivity contribution in [3.05, 3.63) is 0 Å². The SMILES string of the molecule is CCCC(NCC)C1(N(C)C)CCCCCC1. The van der Waals surface area contributed by atoms with Crippen molar-refractivity contribution in [2.24, 2.45) is 0 Å². The topological polar surface area (TPSA) is 15.3 Å². The van der Waals surface area contributed by atoms with E-state index in [1.807, 2.05) is 0 Å². The molecule has 2 nitrogen and oxygen atoms in total. The quantitative estimate of drug-likeness (QED) is 0.716. The van der Waals surface area contributed by atoms with E-state index in [0.717, 1.165) is 6.54 Å². The molecule has 0 heterocycles. The van der Waals surface area contributed by atoms with Crippen molar-refractivity contribution in [2.45, 2.75) is 76.8 Å². The molecule has 1 aliphatic carbocycles. The van der Waals surface area contributed by atoms with Crippen molar-refractivity contribution in [3.63, 3.8) is 0 Å². The third-order valence-electron chi connectivity index (χ3n) is 4.54. The second kappa shape index (κ2) is 7.38. The van der Waals surface area contributed by atoms with Gasteiger partial charge in [-0.3, -0.25) is 0 Å². The van der Waals surface area contributed by atoms with Crippen LogP contribution in [-0.4, -0.2) is 37.1 Å². The first-order chi connectivity index (χ1) is 8.17. The van der Waals surface area contributed by atoms with Crippen molar-refractivity contribution < 1.29 is 0 Å². The lowest BCUT2D eigenvalue weighted by Gasteiger charge is -2.46. The van der Waals surface area contributed by atoms with Crippen LogP contribution in [0.4, 0.5) is 0 Å². The number of rotatable bonds is 6. The first-order valence-electron chi connectivity index (χ1n) is 7.58. The van der Waals surface area contributed by atoms with Gasteiger partial charge in [0.25, 0.3) is 0 Å². The Balaban J connectivity index is 2.84. The fourth-order valence-corrected chi connectivity index (χ4v) is 3.54. The molecule has 1 fully saturated rings. The van der Waals surface area contributed by atoms with Crippen molar-refractivity contribution in [3.8, 4) is 0 Å². The lowest BCUT2D eigenvalue weighted by Crippen LogP contribution is -2.58. The third kappa shape index (κ3) is 3.69. The molecule has 0 aromatic rings. The number of nitrogens with zero attached hydrogens (tertiary/aromatic N) is 1. The van der Waals surface area contributed by atoms with E-state index in [4.69, 9.17) is 0 Å². The lowest BCUT2D eigenvalue weighted by molar-refractivity contribution is 0.0766. The molecule has 1 atom stereocenters. The predicted molar refractivity (Wildman–Crippen MR) is 76.5 cm³/mol. The van der Waals surface area contributed by atoms with E-state index >= 15 is 0 Å². The Labute approximate surface area is 108 Å². The maximum absolute atomic E-state index is 3.76. The molecule has 0 aromatic carbocycles. The average Bonchev–Trinajstić information content (AvgIpc) is 2.55. The van der Waals surface area contributed by atoms with Crippen LogP contribution < -0.4 is 5.32 Å². The van der Waals surface area contributed by atoms with Gasteiger partial charge < -0.3 is 10.2 Å². The van der Waals surface area contributed by atoms with E-state index < -0.39 is 0 Å². The molecule has 1 N–H and O–H groups in total. The summed E-state index contributed by atoms with van der Waals surface area (Å²) in [6.07, 6.45) is 11.0. The third-order valence-corrected chi connectivity index (χ3v) is 4.54. The number of hydrogen-bond acceptors (Lipinski definition) is 2. The molecule has 1 aliphatic rings. The summed E-state index contributed by atoms with van der Waals surface area (Å²) >= 11 is 0. The summed E-state index contributed by atoms with van der Waals surface area (Å²) < 4.78 is 0. The summed E-state index contributed by atoms with van der Waals surface area (Å²) in [6.45, 7) is 5.65. The van der Waals surface area contributed by atoms with E-state index in [2.05, 4.69) is 38.2 Å². The molecule has 0 saturated heterocycles. The molecule has 0 aliphatic heterocycles. The summed E-state index contributed by atoms with van der Waals surface area (Å²) in [7, 11) is 4.57. The van der Waals surface area contributed by atoms with Gasteiger partial charge in [0.1, 0.15) is 0 Å². The zero-order chi connectivity index (χ0) is 12.7. The molecule has 2 heteroatoms. The summed E-state index contributed by atoms with van der Waals surface area (Å²) in [5.74, 6) is 0. The molecule has 1 saturated carbocycles. The zero-order valence-electron chi connectivity index (χ0n) is 12.4. The Kier molecular flexibility index (Phi) is 6.50. The predicted octanol–water partition coefficient (Wildman–Crippen LogP) is 3.42. The van der Waals surface area contributed by atoms with Gasteiger partial charge >= 0.3 is 0 Å². The Hall–Kier alpha value is -0.0800. The second-order valence-electron chi connectivity index (χ2n) is 5.81. The van der Waals surface area contributed by atoms with E-state index in [1.165, 1.54) is 51.4 Å². The van der Waals surface area contributed by atoms with Gasteiger partial charge in [0.2, 0.25) is 0 Å².